The molecule has 2 aromatic carbocycles. The van der Waals surface area contributed by atoms with Crippen molar-refractivity contribution in [3.05, 3.63) is 48.0 Å². The van der Waals surface area contributed by atoms with Gasteiger partial charge >= 0.3 is 6.03 Å². The van der Waals surface area contributed by atoms with Crippen LogP contribution in [0, 0.1) is 17.2 Å². The number of nitrogens with zero attached hydrogens (tertiary/aromatic N) is 2. The summed E-state index contributed by atoms with van der Waals surface area (Å²) in [6, 6.07) is 14.9. The molecule has 0 radical (unpaired) electrons. The molecule has 4 rings (SSSR count). The Bertz CT molecular complexity index is 1130. The summed E-state index contributed by atoms with van der Waals surface area (Å²) in [4.78, 5) is 11.9. The van der Waals surface area contributed by atoms with Gasteiger partial charge in [0.05, 0.1) is 16.8 Å². The number of hydrogen-bond donors (Lipinski definition) is 2. The van der Waals surface area contributed by atoms with Crippen molar-refractivity contribution in [3.63, 3.8) is 0 Å². The molecule has 0 spiro atoms. The molecule has 0 bridgehead atoms. The van der Waals surface area contributed by atoms with Crippen LogP contribution in [-0.4, -0.2) is 24.0 Å². The molecule has 2 N–H and O–H groups in total. The average Bonchev–Trinajstić information content (AvgIpc) is 3.55. The Hall–Kier alpha value is -3.53. The van der Waals surface area contributed by atoms with Crippen LogP contribution in [0.2, 0.25) is 0 Å². The third-order valence-electron chi connectivity index (χ3n) is 5.46. The van der Waals surface area contributed by atoms with E-state index in [1.54, 1.807) is 12.1 Å². The second kappa shape index (κ2) is 9.09. The minimum absolute atomic E-state index is 0.240. The van der Waals surface area contributed by atoms with E-state index in [-0.39, 0.29) is 6.03 Å². The molecule has 1 heterocycles. The topological polar surface area (TPSA) is 79.1 Å². The monoisotopic (exact) mass is 420 g/mol. The van der Waals surface area contributed by atoms with E-state index >= 15 is 0 Å². The summed E-state index contributed by atoms with van der Waals surface area (Å²) in [6.45, 7) is 2.51. The van der Waals surface area contributed by atoms with Gasteiger partial charge < -0.3 is 19.9 Å². The number of benzene rings is 2. The predicted molar refractivity (Wildman–Crippen MR) is 119 cm³/mol. The SMILES string of the molecule is CCCNC(=O)Nc1ccc(-c2c(C#N)c3ccc(OCF)cc3n2CC2CC2)cc1. The lowest BCUT2D eigenvalue weighted by Crippen LogP contribution is -2.29. The van der Waals surface area contributed by atoms with Crippen molar-refractivity contribution in [2.24, 2.45) is 5.92 Å². The first-order valence-electron chi connectivity index (χ1n) is 10.5. The van der Waals surface area contributed by atoms with E-state index in [2.05, 4.69) is 21.3 Å². The van der Waals surface area contributed by atoms with Gasteiger partial charge in [-0.3, -0.25) is 0 Å². The van der Waals surface area contributed by atoms with E-state index in [0.29, 0.717) is 29.5 Å². The van der Waals surface area contributed by atoms with Crippen molar-refractivity contribution in [1.82, 2.24) is 9.88 Å². The third kappa shape index (κ3) is 4.48. The smallest absolute Gasteiger partial charge is 0.319 e. The lowest BCUT2D eigenvalue weighted by Gasteiger charge is -2.12. The predicted octanol–water partition coefficient (Wildman–Crippen LogP) is 5.43. The molecular weight excluding hydrogens is 395 g/mol. The molecule has 3 aromatic rings. The molecule has 0 atom stereocenters. The molecule has 6 nitrogen and oxygen atoms in total. The van der Waals surface area contributed by atoms with Gasteiger partial charge in [0.15, 0.2) is 0 Å². The molecule has 7 heteroatoms. The number of aromatic nitrogens is 1. The number of halogens is 1. The molecular formula is C24H25FN4O2. The van der Waals surface area contributed by atoms with Crippen LogP contribution < -0.4 is 15.4 Å². The van der Waals surface area contributed by atoms with Gasteiger partial charge in [0.2, 0.25) is 6.86 Å². The summed E-state index contributed by atoms with van der Waals surface area (Å²) in [7, 11) is 0. The largest absolute Gasteiger partial charge is 0.463 e. The van der Waals surface area contributed by atoms with Gasteiger partial charge in [-0.05, 0) is 55.0 Å². The number of carbonyl (C=O) groups is 1. The highest BCUT2D eigenvalue weighted by atomic mass is 19.1. The highest BCUT2D eigenvalue weighted by Crippen LogP contribution is 2.39. The maximum absolute atomic E-state index is 12.7. The number of amides is 2. The van der Waals surface area contributed by atoms with Crippen molar-refractivity contribution in [3.8, 4) is 23.1 Å². The number of fused-ring (bicyclic) bond motifs is 1. The lowest BCUT2D eigenvalue weighted by atomic mass is 10.1. The first-order chi connectivity index (χ1) is 15.1. The van der Waals surface area contributed by atoms with Crippen molar-refractivity contribution < 1.29 is 13.9 Å². The quantitative estimate of drug-likeness (QED) is 0.510. The van der Waals surface area contributed by atoms with Crippen molar-refractivity contribution in [2.75, 3.05) is 18.7 Å². The highest BCUT2D eigenvalue weighted by molar-refractivity contribution is 5.96. The summed E-state index contributed by atoms with van der Waals surface area (Å²) in [5, 5.41) is 16.4. The van der Waals surface area contributed by atoms with Crippen LogP contribution >= 0.6 is 0 Å². The number of nitriles is 1. The molecule has 1 saturated carbocycles. The fraction of sp³-hybridized carbons (Fsp3) is 0.333. The van der Waals surface area contributed by atoms with Crippen LogP contribution in [0.4, 0.5) is 14.9 Å². The Morgan fingerprint density at radius 2 is 2.03 bits per heavy atom. The number of urea groups is 1. The minimum atomic E-state index is -0.896. The normalized spacial score (nSPS) is 13.1. The lowest BCUT2D eigenvalue weighted by molar-refractivity contribution is 0.192. The van der Waals surface area contributed by atoms with Gasteiger partial charge in [-0.15, -0.1) is 0 Å². The molecule has 0 aliphatic heterocycles. The Kier molecular flexibility index (Phi) is 6.08. The van der Waals surface area contributed by atoms with Gasteiger partial charge in [-0.2, -0.15) is 5.26 Å². The number of carbonyl (C=O) groups excluding carboxylic acids is 1. The Balaban J connectivity index is 1.73. The number of hydrogen-bond acceptors (Lipinski definition) is 3. The Morgan fingerprint density at radius 3 is 2.68 bits per heavy atom. The Labute approximate surface area is 180 Å². The second-order valence-corrected chi connectivity index (χ2v) is 7.78. The average molecular weight is 420 g/mol. The van der Waals surface area contributed by atoms with E-state index in [1.165, 1.54) is 0 Å². The Morgan fingerprint density at radius 1 is 1.26 bits per heavy atom. The van der Waals surface area contributed by atoms with E-state index in [1.807, 2.05) is 37.3 Å². The van der Waals surface area contributed by atoms with Crippen LogP contribution in [-0.2, 0) is 6.54 Å². The summed E-state index contributed by atoms with van der Waals surface area (Å²) in [5.74, 6) is 1.02. The number of rotatable bonds is 8. The number of ether oxygens (including phenoxy) is 1. The molecule has 2 amide bonds. The molecule has 0 unspecified atom stereocenters. The first kappa shape index (κ1) is 20.7. The van der Waals surface area contributed by atoms with Gasteiger partial charge in [0.1, 0.15) is 11.8 Å². The van der Waals surface area contributed by atoms with Crippen LogP contribution in [0.3, 0.4) is 0 Å². The maximum Gasteiger partial charge on any atom is 0.319 e. The molecule has 1 fully saturated rings. The first-order valence-corrected chi connectivity index (χ1v) is 10.5. The van der Waals surface area contributed by atoms with Crippen molar-refractivity contribution in [1.29, 1.82) is 5.26 Å². The van der Waals surface area contributed by atoms with Gasteiger partial charge in [-0.1, -0.05) is 19.1 Å². The maximum atomic E-state index is 12.7. The molecule has 0 saturated heterocycles. The zero-order valence-corrected chi connectivity index (χ0v) is 17.5. The van der Waals surface area contributed by atoms with E-state index < -0.39 is 6.86 Å². The van der Waals surface area contributed by atoms with Crippen LogP contribution in [0.5, 0.6) is 5.75 Å². The summed E-state index contributed by atoms with van der Waals surface area (Å²) >= 11 is 0. The summed E-state index contributed by atoms with van der Waals surface area (Å²) < 4.78 is 19.9. The number of nitrogens with one attached hydrogen (secondary N) is 2. The minimum Gasteiger partial charge on any atom is -0.463 e. The highest BCUT2D eigenvalue weighted by Gasteiger charge is 2.26. The summed E-state index contributed by atoms with van der Waals surface area (Å²) in [6.07, 6.45) is 3.20. The molecule has 160 valence electrons. The fourth-order valence-corrected chi connectivity index (χ4v) is 3.77. The van der Waals surface area contributed by atoms with Crippen LogP contribution in [0.15, 0.2) is 42.5 Å². The zero-order chi connectivity index (χ0) is 21.8. The molecule has 31 heavy (non-hydrogen) atoms. The van der Waals surface area contributed by atoms with E-state index in [4.69, 9.17) is 4.74 Å². The van der Waals surface area contributed by atoms with E-state index in [0.717, 1.165) is 48.0 Å². The van der Waals surface area contributed by atoms with Gasteiger partial charge in [0.25, 0.3) is 0 Å². The zero-order valence-electron chi connectivity index (χ0n) is 17.5. The van der Waals surface area contributed by atoms with Gasteiger partial charge in [-0.25, -0.2) is 9.18 Å². The van der Waals surface area contributed by atoms with Crippen LogP contribution in [0.25, 0.3) is 22.2 Å². The van der Waals surface area contributed by atoms with E-state index in [9.17, 15) is 14.4 Å². The van der Waals surface area contributed by atoms with Crippen LogP contribution in [0.1, 0.15) is 31.7 Å². The summed E-state index contributed by atoms with van der Waals surface area (Å²) in [5.41, 5.74) is 3.86. The third-order valence-corrected chi connectivity index (χ3v) is 5.46. The molecule has 1 aromatic heterocycles. The van der Waals surface area contributed by atoms with Gasteiger partial charge in [0, 0.05) is 30.2 Å². The fourth-order valence-electron chi connectivity index (χ4n) is 3.77. The number of anilines is 1. The van der Waals surface area contributed by atoms with Crippen molar-refractivity contribution in [2.45, 2.75) is 32.7 Å². The molecule has 1 aliphatic rings. The number of alkyl halides is 1. The van der Waals surface area contributed by atoms with Crippen molar-refractivity contribution >= 4 is 22.6 Å². The standard InChI is InChI=1S/C24H25FN4O2/c1-2-11-27-24(30)28-18-7-5-17(6-8-18)23-21(13-26)20-10-9-19(31-15-25)12-22(20)29(23)14-16-3-4-16/h5-10,12,16H,2-4,11,14-15H2,1H3,(H2,27,28,30). The molecule has 1 aliphatic carbocycles. The second-order valence-electron chi connectivity index (χ2n) is 7.78.